The van der Waals surface area contributed by atoms with Gasteiger partial charge in [-0.15, -0.1) is 0 Å². The van der Waals surface area contributed by atoms with Crippen molar-refractivity contribution in [3.05, 3.63) is 42.0 Å². The van der Waals surface area contributed by atoms with Crippen molar-refractivity contribution in [1.29, 1.82) is 0 Å². The smallest absolute Gasteiger partial charge is 0.255 e. The average Bonchev–Trinajstić information content (AvgIpc) is 2.99. The van der Waals surface area contributed by atoms with Crippen LogP contribution in [0.3, 0.4) is 0 Å². The summed E-state index contributed by atoms with van der Waals surface area (Å²) in [5.41, 5.74) is 0.342. The SMILES string of the molecule is O=C(NCC1CCNC1)c1ccc2ccccc2c1O. The second kappa shape index (κ2) is 5.51. The van der Waals surface area contributed by atoms with Crippen LogP contribution >= 0.6 is 0 Å². The minimum atomic E-state index is -0.208. The van der Waals surface area contributed by atoms with Gasteiger partial charge >= 0.3 is 0 Å². The summed E-state index contributed by atoms with van der Waals surface area (Å²) in [7, 11) is 0. The Kier molecular flexibility index (Phi) is 3.56. The number of amides is 1. The first-order valence-electron chi connectivity index (χ1n) is 6.95. The van der Waals surface area contributed by atoms with Crippen LogP contribution in [-0.2, 0) is 0 Å². The van der Waals surface area contributed by atoms with Gasteiger partial charge in [0.2, 0.25) is 0 Å². The van der Waals surface area contributed by atoms with Gasteiger partial charge in [0.1, 0.15) is 5.75 Å². The summed E-state index contributed by atoms with van der Waals surface area (Å²) in [6.07, 6.45) is 1.09. The highest BCUT2D eigenvalue weighted by Gasteiger charge is 2.17. The van der Waals surface area contributed by atoms with E-state index < -0.39 is 0 Å². The number of phenolic OH excluding ortho intramolecular Hbond substituents is 1. The minimum absolute atomic E-state index is 0.0603. The zero-order valence-electron chi connectivity index (χ0n) is 11.2. The maximum absolute atomic E-state index is 12.2. The van der Waals surface area contributed by atoms with Gasteiger partial charge in [-0.3, -0.25) is 4.79 Å². The van der Waals surface area contributed by atoms with Crippen LogP contribution in [0, 0.1) is 5.92 Å². The van der Waals surface area contributed by atoms with Crippen LogP contribution in [0.4, 0.5) is 0 Å². The molecule has 0 aliphatic carbocycles. The fraction of sp³-hybridized carbons (Fsp3) is 0.312. The molecule has 1 aliphatic heterocycles. The van der Waals surface area contributed by atoms with Gasteiger partial charge in [-0.1, -0.05) is 30.3 Å². The lowest BCUT2D eigenvalue weighted by atomic mass is 10.0. The van der Waals surface area contributed by atoms with Gasteiger partial charge in [0, 0.05) is 11.9 Å². The molecule has 0 radical (unpaired) electrons. The fourth-order valence-electron chi connectivity index (χ4n) is 2.66. The fourth-order valence-corrected chi connectivity index (χ4v) is 2.66. The minimum Gasteiger partial charge on any atom is -0.506 e. The lowest BCUT2D eigenvalue weighted by Crippen LogP contribution is -2.30. The highest BCUT2D eigenvalue weighted by molar-refractivity contribution is 6.03. The van der Waals surface area contributed by atoms with Crippen molar-refractivity contribution in [2.45, 2.75) is 6.42 Å². The Labute approximate surface area is 117 Å². The van der Waals surface area contributed by atoms with Gasteiger partial charge < -0.3 is 15.7 Å². The van der Waals surface area contributed by atoms with Crippen LogP contribution in [0.2, 0.25) is 0 Å². The normalized spacial score (nSPS) is 18.3. The first-order valence-corrected chi connectivity index (χ1v) is 6.95. The molecular weight excluding hydrogens is 252 g/mol. The van der Waals surface area contributed by atoms with Crippen molar-refractivity contribution in [2.75, 3.05) is 19.6 Å². The number of carbonyl (C=O) groups excluding carboxylic acids is 1. The molecule has 2 aromatic rings. The number of carbonyl (C=O) groups is 1. The van der Waals surface area contributed by atoms with Gasteiger partial charge in [-0.2, -0.15) is 0 Å². The zero-order chi connectivity index (χ0) is 13.9. The third kappa shape index (κ3) is 2.47. The predicted octanol–water partition coefficient (Wildman–Crippen LogP) is 1.88. The van der Waals surface area contributed by atoms with Crippen LogP contribution in [-0.4, -0.2) is 30.6 Å². The van der Waals surface area contributed by atoms with Crippen molar-refractivity contribution in [2.24, 2.45) is 5.92 Å². The highest BCUT2D eigenvalue weighted by Crippen LogP contribution is 2.28. The first-order chi connectivity index (χ1) is 9.75. The van der Waals surface area contributed by atoms with Crippen molar-refractivity contribution in [3.8, 4) is 5.75 Å². The van der Waals surface area contributed by atoms with Crippen LogP contribution in [0.15, 0.2) is 36.4 Å². The van der Waals surface area contributed by atoms with Crippen molar-refractivity contribution < 1.29 is 9.90 Å². The summed E-state index contributed by atoms with van der Waals surface area (Å²) in [6.45, 7) is 2.61. The molecule has 1 unspecified atom stereocenters. The molecule has 104 valence electrons. The number of benzene rings is 2. The Balaban J connectivity index is 1.78. The molecule has 1 saturated heterocycles. The quantitative estimate of drug-likeness (QED) is 0.798. The first kappa shape index (κ1) is 12.9. The Morgan fingerprint density at radius 3 is 2.95 bits per heavy atom. The summed E-state index contributed by atoms with van der Waals surface area (Å²) in [5.74, 6) is 0.340. The average molecular weight is 270 g/mol. The second-order valence-corrected chi connectivity index (χ2v) is 5.25. The Morgan fingerprint density at radius 2 is 2.15 bits per heavy atom. The lowest BCUT2D eigenvalue weighted by molar-refractivity contribution is 0.0946. The van der Waals surface area contributed by atoms with Gasteiger partial charge in [0.15, 0.2) is 0 Å². The maximum Gasteiger partial charge on any atom is 0.255 e. The number of aromatic hydroxyl groups is 1. The third-order valence-electron chi connectivity index (χ3n) is 3.86. The van der Waals surface area contributed by atoms with E-state index in [1.54, 1.807) is 6.07 Å². The molecule has 3 N–H and O–H groups in total. The number of hydrogen-bond acceptors (Lipinski definition) is 3. The van der Waals surface area contributed by atoms with Crippen LogP contribution in [0.5, 0.6) is 5.75 Å². The second-order valence-electron chi connectivity index (χ2n) is 5.25. The lowest BCUT2D eigenvalue weighted by Gasteiger charge is -2.12. The van der Waals surface area contributed by atoms with Crippen molar-refractivity contribution in [3.63, 3.8) is 0 Å². The van der Waals surface area contributed by atoms with E-state index in [2.05, 4.69) is 10.6 Å². The Morgan fingerprint density at radius 1 is 1.30 bits per heavy atom. The number of phenols is 1. The summed E-state index contributed by atoms with van der Waals surface area (Å²) in [6, 6.07) is 11.0. The van der Waals surface area contributed by atoms with Crippen molar-refractivity contribution >= 4 is 16.7 Å². The van der Waals surface area contributed by atoms with Gasteiger partial charge in [0.05, 0.1) is 5.56 Å². The molecule has 20 heavy (non-hydrogen) atoms. The molecule has 1 atom stereocenters. The van der Waals surface area contributed by atoms with E-state index in [9.17, 15) is 9.90 Å². The van der Waals surface area contributed by atoms with Crippen LogP contribution in [0.1, 0.15) is 16.8 Å². The van der Waals surface area contributed by atoms with E-state index in [1.807, 2.05) is 30.3 Å². The Bertz CT molecular complexity index is 633. The van der Waals surface area contributed by atoms with Crippen LogP contribution in [0.25, 0.3) is 10.8 Å². The highest BCUT2D eigenvalue weighted by atomic mass is 16.3. The summed E-state index contributed by atoms with van der Waals surface area (Å²) in [5, 5.41) is 18.1. The standard InChI is InChI=1S/C16H18N2O2/c19-15-13-4-2-1-3-12(13)5-6-14(15)16(20)18-10-11-7-8-17-9-11/h1-6,11,17,19H,7-10H2,(H,18,20). The van der Waals surface area contributed by atoms with E-state index in [1.165, 1.54) is 0 Å². The number of nitrogens with one attached hydrogen (secondary N) is 2. The molecular formula is C16H18N2O2. The monoisotopic (exact) mass is 270 g/mol. The van der Waals surface area contributed by atoms with E-state index >= 15 is 0 Å². The maximum atomic E-state index is 12.2. The van der Waals surface area contributed by atoms with Crippen LogP contribution < -0.4 is 10.6 Å². The van der Waals surface area contributed by atoms with E-state index in [0.717, 1.165) is 24.9 Å². The molecule has 4 heteroatoms. The summed E-state index contributed by atoms with van der Waals surface area (Å²) >= 11 is 0. The molecule has 0 saturated carbocycles. The van der Waals surface area contributed by atoms with Gasteiger partial charge in [-0.05, 0) is 36.9 Å². The molecule has 0 spiro atoms. The summed E-state index contributed by atoms with van der Waals surface area (Å²) in [4.78, 5) is 12.2. The summed E-state index contributed by atoms with van der Waals surface area (Å²) < 4.78 is 0. The Hall–Kier alpha value is -2.07. The van der Waals surface area contributed by atoms with E-state index in [0.29, 0.717) is 23.4 Å². The predicted molar refractivity (Wildman–Crippen MR) is 78.9 cm³/mol. The molecule has 1 fully saturated rings. The number of rotatable bonds is 3. The molecule has 4 nitrogen and oxygen atoms in total. The molecule has 0 aromatic heterocycles. The third-order valence-corrected chi connectivity index (χ3v) is 3.86. The van der Waals surface area contributed by atoms with Gasteiger partial charge in [0.25, 0.3) is 5.91 Å². The number of fused-ring (bicyclic) bond motifs is 1. The van der Waals surface area contributed by atoms with E-state index in [-0.39, 0.29) is 11.7 Å². The van der Waals surface area contributed by atoms with Gasteiger partial charge in [-0.25, -0.2) is 0 Å². The molecule has 2 aromatic carbocycles. The van der Waals surface area contributed by atoms with E-state index in [4.69, 9.17) is 0 Å². The molecule has 1 amide bonds. The topological polar surface area (TPSA) is 61.4 Å². The zero-order valence-corrected chi connectivity index (χ0v) is 11.2. The molecule has 3 rings (SSSR count). The molecule has 0 bridgehead atoms. The largest absolute Gasteiger partial charge is 0.506 e. The molecule has 1 aliphatic rings. The van der Waals surface area contributed by atoms with Crippen molar-refractivity contribution in [1.82, 2.24) is 10.6 Å². The molecule has 1 heterocycles. The number of hydrogen-bond donors (Lipinski definition) is 3.